The van der Waals surface area contributed by atoms with Gasteiger partial charge in [-0.15, -0.1) is 23.5 Å². The van der Waals surface area contributed by atoms with Crippen LogP contribution >= 0.6 is 23.5 Å². The maximum atomic E-state index is 12.2. The summed E-state index contributed by atoms with van der Waals surface area (Å²) in [5, 5.41) is 11.7. The molecule has 1 aliphatic heterocycles. The maximum absolute atomic E-state index is 12.2. The molecule has 1 heterocycles. The summed E-state index contributed by atoms with van der Waals surface area (Å²) in [6.45, 7) is 0.459. The molecule has 1 N–H and O–H groups in total. The highest BCUT2D eigenvalue weighted by Gasteiger charge is 2.18. The van der Waals surface area contributed by atoms with Crippen molar-refractivity contribution < 1.29 is 4.79 Å². The van der Waals surface area contributed by atoms with E-state index < -0.39 is 0 Å². The Morgan fingerprint density at radius 2 is 1.74 bits per heavy atom. The third-order valence-electron chi connectivity index (χ3n) is 3.60. The van der Waals surface area contributed by atoms with Crippen LogP contribution in [0.1, 0.15) is 31.6 Å². The third-order valence-corrected chi connectivity index (χ3v) is 6.71. The molecule has 3 nitrogen and oxygen atoms in total. The van der Waals surface area contributed by atoms with Crippen molar-refractivity contribution in [3.8, 4) is 6.07 Å². The molecule has 0 atom stereocenters. The first kappa shape index (κ1) is 16.0. The molecular formula is C18H16N2OS2. The summed E-state index contributed by atoms with van der Waals surface area (Å²) < 4.78 is 0.505. The molecule has 0 unspecified atom stereocenters. The fraction of sp³-hybridized carbons (Fsp3) is 0.222. The van der Waals surface area contributed by atoms with E-state index in [4.69, 9.17) is 5.26 Å². The number of nitrogens with zero attached hydrogens (tertiary/aromatic N) is 1. The van der Waals surface area contributed by atoms with Crippen LogP contribution < -0.4 is 5.32 Å². The van der Waals surface area contributed by atoms with Crippen molar-refractivity contribution >= 4 is 29.4 Å². The number of amides is 1. The van der Waals surface area contributed by atoms with E-state index in [1.54, 1.807) is 12.1 Å². The highest BCUT2D eigenvalue weighted by Crippen LogP contribution is 2.45. The second-order valence-corrected chi connectivity index (χ2v) is 7.91. The maximum Gasteiger partial charge on any atom is 0.251 e. The van der Waals surface area contributed by atoms with E-state index in [-0.39, 0.29) is 5.91 Å². The number of thioether (sulfide) groups is 2. The van der Waals surface area contributed by atoms with Crippen molar-refractivity contribution in [3.63, 3.8) is 0 Å². The summed E-state index contributed by atoms with van der Waals surface area (Å²) in [7, 11) is 0. The molecule has 0 radical (unpaired) electrons. The van der Waals surface area contributed by atoms with E-state index in [9.17, 15) is 4.79 Å². The number of carbonyl (C=O) groups is 1. The lowest BCUT2D eigenvalue weighted by Crippen LogP contribution is -2.22. The summed E-state index contributed by atoms with van der Waals surface area (Å²) >= 11 is 3.92. The van der Waals surface area contributed by atoms with Crippen molar-refractivity contribution in [1.82, 2.24) is 5.32 Å². The summed E-state index contributed by atoms with van der Waals surface area (Å²) in [6.07, 6.45) is 0. The molecule has 1 aliphatic rings. The van der Waals surface area contributed by atoms with Crippen LogP contribution in [-0.4, -0.2) is 17.4 Å². The summed E-state index contributed by atoms with van der Waals surface area (Å²) in [6, 6.07) is 17.2. The van der Waals surface area contributed by atoms with E-state index in [1.807, 2.05) is 59.9 Å². The molecule has 3 rings (SSSR count). The number of nitrogens with one attached hydrogen (secondary N) is 1. The van der Waals surface area contributed by atoms with Crippen molar-refractivity contribution in [3.05, 3.63) is 70.8 Å². The van der Waals surface area contributed by atoms with Gasteiger partial charge in [-0.1, -0.05) is 24.3 Å². The van der Waals surface area contributed by atoms with Gasteiger partial charge in [0.05, 0.1) is 16.2 Å². The largest absolute Gasteiger partial charge is 0.348 e. The molecule has 1 saturated heterocycles. The summed E-state index contributed by atoms with van der Waals surface area (Å²) in [4.78, 5) is 12.2. The van der Waals surface area contributed by atoms with Crippen LogP contribution in [0.25, 0.3) is 0 Å². The number of hydrogen-bond donors (Lipinski definition) is 1. The third kappa shape index (κ3) is 4.10. The van der Waals surface area contributed by atoms with Gasteiger partial charge in [-0.2, -0.15) is 5.26 Å². The Balaban J connectivity index is 1.58. The number of rotatable bonds is 4. The Bertz CT molecular complexity index is 714. The van der Waals surface area contributed by atoms with E-state index >= 15 is 0 Å². The van der Waals surface area contributed by atoms with Crippen molar-refractivity contribution in [2.45, 2.75) is 11.1 Å². The molecule has 0 spiro atoms. The normalized spacial score (nSPS) is 14.4. The van der Waals surface area contributed by atoms with Crippen LogP contribution in [0.3, 0.4) is 0 Å². The Hall–Kier alpha value is -1.90. The van der Waals surface area contributed by atoms with Gasteiger partial charge in [-0.25, -0.2) is 0 Å². The van der Waals surface area contributed by atoms with Crippen molar-refractivity contribution in [1.29, 1.82) is 5.26 Å². The van der Waals surface area contributed by atoms with Gasteiger partial charge in [-0.05, 0) is 35.4 Å². The first-order chi connectivity index (χ1) is 11.3. The Labute approximate surface area is 144 Å². The average molecular weight is 340 g/mol. The monoisotopic (exact) mass is 340 g/mol. The van der Waals surface area contributed by atoms with Crippen LogP contribution in [-0.2, 0) is 6.54 Å². The quantitative estimate of drug-likeness (QED) is 0.915. The lowest BCUT2D eigenvalue weighted by atomic mass is 10.1. The molecule has 0 aromatic heterocycles. The Morgan fingerprint density at radius 3 is 2.35 bits per heavy atom. The zero-order valence-electron chi connectivity index (χ0n) is 12.5. The van der Waals surface area contributed by atoms with Crippen LogP contribution in [0.4, 0.5) is 0 Å². The lowest BCUT2D eigenvalue weighted by molar-refractivity contribution is 0.0951. The van der Waals surface area contributed by atoms with Gasteiger partial charge in [0.15, 0.2) is 0 Å². The smallest absolute Gasteiger partial charge is 0.251 e. The zero-order chi connectivity index (χ0) is 16.1. The van der Waals surface area contributed by atoms with E-state index in [0.717, 1.165) is 5.56 Å². The fourth-order valence-corrected chi connectivity index (χ4v) is 5.18. The SMILES string of the molecule is N#Cc1ccc(CNC(=O)c2ccc(C3SCCS3)cc2)cc1. The van der Waals surface area contributed by atoms with Gasteiger partial charge in [0.1, 0.15) is 0 Å². The fourth-order valence-electron chi connectivity index (χ4n) is 2.32. The van der Waals surface area contributed by atoms with Gasteiger partial charge in [0, 0.05) is 23.6 Å². The van der Waals surface area contributed by atoms with Crippen molar-refractivity contribution in [2.24, 2.45) is 0 Å². The molecule has 0 aliphatic carbocycles. The van der Waals surface area contributed by atoms with Crippen LogP contribution in [0.2, 0.25) is 0 Å². The van der Waals surface area contributed by atoms with Gasteiger partial charge in [0.2, 0.25) is 0 Å². The minimum Gasteiger partial charge on any atom is -0.348 e. The molecule has 23 heavy (non-hydrogen) atoms. The van der Waals surface area contributed by atoms with Crippen molar-refractivity contribution in [2.75, 3.05) is 11.5 Å². The first-order valence-electron chi connectivity index (χ1n) is 7.37. The van der Waals surface area contributed by atoms with Gasteiger partial charge in [0.25, 0.3) is 5.91 Å². The first-order valence-corrected chi connectivity index (χ1v) is 9.46. The highest BCUT2D eigenvalue weighted by molar-refractivity contribution is 8.19. The second-order valence-electron chi connectivity index (χ2n) is 5.19. The summed E-state index contributed by atoms with van der Waals surface area (Å²) in [5.74, 6) is 2.32. The summed E-state index contributed by atoms with van der Waals surface area (Å²) in [5.41, 5.74) is 3.56. The van der Waals surface area contributed by atoms with Crippen LogP contribution in [0, 0.1) is 11.3 Å². The highest BCUT2D eigenvalue weighted by atomic mass is 32.2. The Kier molecular flexibility index (Phi) is 5.27. The van der Waals surface area contributed by atoms with E-state index in [1.165, 1.54) is 17.1 Å². The predicted octanol–water partition coefficient (Wildman–Crippen LogP) is 3.97. The molecule has 1 amide bonds. The van der Waals surface area contributed by atoms with Gasteiger partial charge >= 0.3 is 0 Å². The molecule has 2 aromatic carbocycles. The van der Waals surface area contributed by atoms with Gasteiger partial charge < -0.3 is 5.32 Å². The topological polar surface area (TPSA) is 52.9 Å². The standard InChI is InChI=1S/C18H16N2OS2/c19-11-13-1-3-14(4-2-13)12-20-17(21)15-5-7-16(8-6-15)18-22-9-10-23-18/h1-8,18H,9-10,12H2,(H,20,21). The number of hydrogen-bond acceptors (Lipinski definition) is 4. The molecule has 0 saturated carbocycles. The van der Waals surface area contributed by atoms with E-state index in [2.05, 4.69) is 11.4 Å². The number of benzene rings is 2. The molecule has 116 valence electrons. The number of nitriles is 1. The molecule has 2 aromatic rings. The number of carbonyl (C=O) groups excluding carboxylic acids is 1. The minimum absolute atomic E-state index is 0.0763. The van der Waals surface area contributed by atoms with Gasteiger partial charge in [-0.3, -0.25) is 4.79 Å². The molecular weight excluding hydrogens is 324 g/mol. The molecule has 0 bridgehead atoms. The minimum atomic E-state index is -0.0763. The predicted molar refractivity (Wildman–Crippen MR) is 96.4 cm³/mol. The van der Waals surface area contributed by atoms with Crippen LogP contribution in [0.15, 0.2) is 48.5 Å². The Morgan fingerprint density at radius 1 is 1.09 bits per heavy atom. The van der Waals surface area contributed by atoms with Crippen LogP contribution in [0.5, 0.6) is 0 Å². The van der Waals surface area contributed by atoms with E-state index in [0.29, 0.717) is 22.3 Å². The lowest BCUT2D eigenvalue weighted by Gasteiger charge is -2.10. The molecule has 5 heteroatoms. The second kappa shape index (κ2) is 7.58. The molecule has 1 fully saturated rings. The average Bonchev–Trinajstić information content (AvgIpc) is 3.15. The zero-order valence-corrected chi connectivity index (χ0v) is 14.1.